The van der Waals surface area contributed by atoms with Crippen LogP contribution < -0.4 is 5.56 Å². The molecule has 1 aliphatic carbocycles. The molecule has 1 aromatic heterocycles. The Morgan fingerprint density at radius 3 is 2.64 bits per heavy atom. The highest BCUT2D eigenvalue weighted by Gasteiger charge is 2.44. The van der Waals surface area contributed by atoms with Gasteiger partial charge >= 0.3 is 0 Å². The van der Waals surface area contributed by atoms with E-state index in [1.54, 1.807) is 24.4 Å². The lowest BCUT2D eigenvalue weighted by Gasteiger charge is -2.39. The van der Waals surface area contributed by atoms with Crippen molar-refractivity contribution in [2.45, 2.75) is 17.9 Å². The predicted molar refractivity (Wildman–Crippen MR) is 138 cm³/mol. The van der Waals surface area contributed by atoms with E-state index in [1.165, 1.54) is 0 Å². The molecule has 2 atom stereocenters. The summed E-state index contributed by atoms with van der Waals surface area (Å²) in [5, 5.41) is 13.2. The van der Waals surface area contributed by atoms with Crippen LogP contribution in [-0.2, 0) is 0 Å². The van der Waals surface area contributed by atoms with Gasteiger partial charge in [0.05, 0.1) is 0 Å². The van der Waals surface area contributed by atoms with E-state index < -0.39 is 11.5 Å². The summed E-state index contributed by atoms with van der Waals surface area (Å²) in [5.41, 5.74) is 8.24. The zero-order valence-electron chi connectivity index (χ0n) is 18.4. The van der Waals surface area contributed by atoms with Crippen LogP contribution in [0.4, 0.5) is 0 Å². The number of hydrogen-bond donors (Lipinski definition) is 2. The van der Waals surface area contributed by atoms with Crippen LogP contribution in [0.15, 0.2) is 81.5 Å². The fourth-order valence-electron chi connectivity index (χ4n) is 4.31. The Bertz CT molecular complexity index is 1330. The SMILES string of the molecule is CN(C)CCC(O)(C1=C=C=Cc2ccccc21)C(c1ccc(Cl)cc1)c1cc(Br)c[nH]c1=O. The van der Waals surface area contributed by atoms with Crippen molar-refractivity contribution in [2.24, 2.45) is 0 Å². The second kappa shape index (κ2) is 9.70. The number of aliphatic hydroxyl groups is 1. The van der Waals surface area contributed by atoms with E-state index in [2.05, 4.69) is 32.4 Å². The van der Waals surface area contributed by atoms with Crippen LogP contribution >= 0.6 is 27.5 Å². The molecule has 1 aliphatic rings. The quantitative estimate of drug-likeness (QED) is 0.404. The molecule has 0 saturated heterocycles. The normalized spacial score (nSPS) is 15.2. The van der Waals surface area contributed by atoms with Gasteiger partial charge in [-0.15, -0.1) is 0 Å². The van der Waals surface area contributed by atoms with Crippen molar-refractivity contribution in [1.29, 1.82) is 0 Å². The van der Waals surface area contributed by atoms with Crippen molar-refractivity contribution in [3.05, 3.63) is 114 Å². The van der Waals surface area contributed by atoms with Gasteiger partial charge in [0.2, 0.25) is 0 Å². The smallest absolute Gasteiger partial charge is 0.251 e. The Balaban J connectivity index is 2.02. The molecule has 0 bridgehead atoms. The first-order valence-corrected chi connectivity index (χ1v) is 11.8. The Morgan fingerprint density at radius 1 is 1.18 bits per heavy atom. The van der Waals surface area contributed by atoms with Gasteiger partial charge in [0.15, 0.2) is 0 Å². The summed E-state index contributed by atoms with van der Waals surface area (Å²) in [5.74, 6) is -0.675. The first-order valence-electron chi connectivity index (χ1n) is 10.6. The minimum absolute atomic E-state index is 0.259. The second-order valence-electron chi connectivity index (χ2n) is 8.44. The third-order valence-corrected chi connectivity index (χ3v) is 6.63. The van der Waals surface area contributed by atoms with Crippen molar-refractivity contribution in [1.82, 2.24) is 9.88 Å². The monoisotopic (exact) mass is 522 g/mol. The van der Waals surface area contributed by atoms with Crippen molar-refractivity contribution in [3.8, 4) is 0 Å². The molecule has 3 aromatic rings. The molecular formula is C27H24BrClN2O2. The fourth-order valence-corrected chi connectivity index (χ4v) is 4.80. The van der Waals surface area contributed by atoms with E-state index in [1.807, 2.05) is 61.5 Å². The molecule has 33 heavy (non-hydrogen) atoms. The molecule has 2 N–H and O–H groups in total. The highest BCUT2D eigenvalue weighted by Crippen LogP contribution is 2.46. The zero-order valence-corrected chi connectivity index (χ0v) is 20.7. The molecule has 4 rings (SSSR count). The number of H-pyrrole nitrogens is 1. The van der Waals surface area contributed by atoms with Crippen molar-refractivity contribution in [3.63, 3.8) is 0 Å². The number of nitrogens with zero attached hydrogens (tertiary/aromatic N) is 1. The molecule has 0 aliphatic heterocycles. The fraction of sp³-hybridized carbons (Fsp3) is 0.222. The molecule has 1 heterocycles. The van der Waals surface area contributed by atoms with Gasteiger partial charge in [0, 0.05) is 39.3 Å². The minimum atomic E-state index is -1.46. The van der Waals surface area contributed by atoms with Gasteiger partial charge in [-0.25, -0.2) is 0 Å². The molecule has 168 valence electrons. The molecule has 2 aromatic carbocycles. The van der Waals surface area contributed by atoms with E-state index in [9.17, 15) is 9.90 Å². The number of pyridine rings is 1. The largest absolute Gasteiger partial charge is 0.383 e. The van der Waals surface area contributed by atoms with Crippen LogP contribution in [0.3, 0.4) is 0 Å². The molecule has 0 spiro atoms. The van der Waals surface area contributed by atoms with Crippen LogP contribution in [0.2, 0.25) is 5.02 Å². The first kappa shape index (κ1) is 23.5. The maximum absolute atomic E-state index is 13.1. The predicted octanol–water partition coefficient (Wildman–Crippen LogP) is 5.47. The van der Waals surface area contributed by atoms with Gasteiger partial charge in [0.1, 0.15) is 5.60 Å². The van der Waals surface area contributed by atoms with Crippen LogP contribution in [0, 0.1) is 0 Å². The molecule has 6 heteroatoms. The zero-order chi connectivity index (χ0) is 23.6. The van der Waals surface area contributed by atoms with Crippen LogP contribution in [0.5, 0.6) is 0 Å². The lowest BCUT2D eigenvalue weighted by atomic mass is 9.69. The highest BCUT2D eigenvalue weighted by molar-refractivity contribution is 9.10. The maximum atomic E-state index is 13.1. The van der Waals surface area contributed by atoms with Gasteiger partial charge < -0.3 is 15.0 Å². The number of aromatic amines is 1. The molecule has 0 fully saturated rings. The summed E-state index contributed by atoms with van der Waals surface area (Å²) in [6.07, 6.45) is 3.83. The van der Waals surface area contributed by atoms with Gasteiger partial charge in [0.25, 0.3) is 5.56 Å². The molecule has 0 radical (unpaired) electrons. The number of fused-ring (bicyclic) bond motifs is 1. The lowest BCUT2D eigenvalue weighted by molar-refractivity contribution is 0.0665. The number of benzene rings is 2. The summed E-state index contributed by atoms with van der Waals surface area (Å²) in [4.78, 5) is 17.9. The van der Waals surface area contributed by atoms with E-state index >= 15 is 0 Å². The third-order valence-electron chi connectivity index (χ3n) is 5.92. The Kier molecular flexibility index (Phi) is 6.92. The summed E-state index contributed by atoms with van der Waals surface area (Å²) in [7, 11) is 3.92. The molecule has 4 nitrogen and oxygen atoms in total. The maximum Gasteiger partial charge on any atom is 0.251 e. The van der Waals surface area contributed by atoms with Crippen molar-refractivity contribution >= 4 is 39.2 Å². The van der Waals surface area contributed by atoms with E-state index in [0.717, 1.165) is 21.2 Å². The highest BCUT2D eigenvalue weighted by atomic mass is 79.9. The van der Waals surface area contributed by atoms with E-state index in [0.29, 0.717) is 29.1 Å². The number of nitrogens with one attached hydrogen (secondary N) is 1. The average molecular weight is 524 g/mol. The molecule has 0 saturated carbocycles. The molecule has 0 amide bonds. The van der Waals surface area contributed by atoms with E-state index in [-0.39, 0.29) is 5.56 Å². The Hall–Kier alpha value is -2.62. The Morgan fingerprint density at radius 2 is 1.91 bits per heavy atom. The van der Waals surface area contributed by atoms with Gasteiger partial charge in [-0.05, 0) is 77.4 Å². The first-order chi connectivity index (χ1) is 15.8. The van der Waals surface area contributed by atoms with E-state index in [4.69, 9.17) is 11.6 Å². The molecular weight excluding hydrogens is 500 g/mol. The summed E-state index contributed by atoms with van der Waals surface area (Å²) in [6, 6.07) is 16.9. The summed E-state index contributed by atoms with van der Waals surface area (Å²) in [6.45, 7) is 0.601. The number of rotatable bonds is 7. The van der Waals surface area contributed by atoms with Crippen LogP contribution in [0.1, 0.15) is 34.6 Å². The molecule has 2 unspecified atom stereocenters. The third kappa shape index (κ3) is 4.85. The lowest BCUT2D eigenvalue weighted by Crippen LogP contribution is -2.43. The average Bonchev–Trinajstić information content (AvgIpc) is 2.81. The van der Waals surface area contributed by atoms with Gasteiger partial charge in [-0.1, -0.05) is 59.5 Å². The number of halogens is 2. The van der Waals surface area contributed by atoms with Crippen molar-refractivity contribution in [2.75, 3.05) is 20.6 Å². The second-order valence-corrected chi connectivity index (χ2v) is 9.79. The van der Waals surface area contributed by atoms with Crippen LogP contribution in [-0.4, -0.2) is 41.2 Å². The standard InChI is InChI=1S/C27H24BrClN2O2/c1-31(2)15-14-27(33,24-9-5-7-18-6-3-4-8-22(18)24)25(19-10-12-21(29)13-11-19)23-16-20(28)17-30-26(23)32/h3-4,6-8,10-13,16-17,25,33H,14-15H2,1-2H3,(H,30,32). The number of hydrogen-bond acceptors (Lipinski definition) is 3. The summed E-state index contributed by atoms with van der Waals surface area (Å²) >= 11 is 9.65. The van der Waals surface area contributed by atoms with Gasteiger partial charge in [-0.3, -0.25) is 4.79 Å². The Labute approximate surface area is 206 Å². The summed E-state index contributed by atoms with van der Waals surface area (Å²) < 4.78 is 0.722. The minimum Gasteiger partial charge on any atom is -0.383 e. The van der Waals surface area contributed by atoms with Crippen LogP contribution in [0.25, 0.3) is 11.6 Å². The topological polar surface area (TPSA) is 56.3 Å². The van der Waals surface area contributed by atoms with Crippen molar-refractivity contribution < 1.29 is 5.11 Å². The van der Waals surface area contributed by atoms with Gasteiger partial charge in [-0.2, -0.15) is 0 Å². The number of aromatic nitrogens is 1.